The molecule has 2 N–H and O–H groups in total. The summed E-state index contributed by atoms with van der Waals surface area (Å²) in [4.78, 5) is 9.32. The molecule has 0 spiro atoms. The number of nitrogens with zero attached hydrogens (tertiary/aromatic N) is 2. The van der Waals surface area contributed by atoms with Crippen molar-refractivity contribution in [2.24, 2.45) is 0 Å². The van der Waals surface area contributed by atoms with Crippen LogP contribution in [-0.2, 0) is 5.41 Å². The predicted molar refractivity (Wildman–Crippen MR) is 93.5 cm³/mol. The van der Waals surface area contributed by atoms with Gasteiger partial charge in [-0.05, 0) is 18.6 Å². The summed E-state index contributed by atoms with van der Waals surface area (Å²) in [6.45, 7) is 8.69. The summed E-state index contributed by atoms with van der Waals surface area (Å²) in [5.74, 6) is 3.90. The Balaban J connectivity index is 2.19. The summed E-state index contributed by atoms with van der Waals surface area (Å²) >= 11 is 2.06. The molecule has 0 aromatic carbocycles. The van der Waals surface area contributed by atoms with Crippen molar-refractivity contribution in [3.63, 3.8) is 0 Å². The minimum atomic E-state index is -0.0451. The third-order valence-corrected chi connectivity index (χ3v) is 5.15. The van der Waals surface area contributed by atoms with E-state index in [9.17, 15) is 0 Å². The fourth-order valence-corrected chi connectivity index (χ4v) is 3.88. The maximum absolute atomic E-state index is 4.74. The third kappa shape index (κ3) is 4.25. The summed E-state index contributed by atoms with van der Waals surface area (Å²) in [7, 11) is 1.91. The van der Waals surface area contributed by atoms with Crippen LogP contribution >= 0.6 is 11.8 Å². The summed E-state index contributed by atoms with van der Waals surface area (Å²) in [5, 5.41) is 7.51. The number of hydrogen-bond donors (Lipinski definition) is 2. The molecule has 2 rings (SSSR count). The van der Waals surface area contributed by atoms with Gasteiger partial charge in [-0.3, -0.25) is 0 Å². The fourth-order valence-electron chi connectivity index (χ4n) is 2.68. The van der Waals surface area contributed by atoms with Crippen LogP contribution in [0.4, 0.5) is 11.6 Å². The summed E-state index contributed by atoms with van der Waals surface area (Å²) < 4.78 is 0. The SMILES string of the molecule is CCSC1CCCC1Nc1cc(NC)nc(C(C)(C)C)n1. The first kappa shape index (κ1) is 16.4. The van der Waals surface area contributed by atoms with Crippen LogP contribution in [0.25, 0.3) is 0 Å². The monoisotopic (exact) mass is 308 g/mol. The van der Waals surface area contributed by atoms with Gasteiger partial charge in [-0.15, -0.1) is 0 Å². The van der Waals surface area contributed by atoms with Gasteiger partial charge in [-0.1, -0.05) is 34.1 Å². The second kappa shape index (κ2) is 6.86. The Morgan fingerprint density at radius 2 is 1.95 bits per heavy atom. The van der Waals surface area contributed by atoms with Gasteiger partial charge in [-0.25, -0.2) is 9.97 Å². The largest absolute Gasteiger partial charge is 0.373 e. The van der Waals surface area contributed by atoms with Crippen molar-refractivity contribution in [1.29, 1.82) is 0 Å². The Morgan fingerprint density at radius 3 is 2.57 bits per heavy atom. The lowest BCUT2D eigenvalue weighted by Gasteiger charge is -2.23. The molecule has 0 bridgehead atoms. The van der Waals surface area contributed by atoms with Gasteiger partial charge in [0.25, 0.3) is 0 Å². The Morgan fingerprint density at radius 1 is 1.24 bits per heavy atom. The number of nitrogens with one attached hydrogen (secondary N) is 2. The first-order valence-corrected chi connectivity index (χ1v) is 8.94. The fraction of sp³-hybridized carbons (Fsp3) is 0.750. The number of rotatable bonds is 5. The van der Waals surface area contributed by atoms with E-state index in [1.54, 1.807) is 0 Å². The number of anilines is 2. The van der Waals surface area contributed by atoms with Gasteiger partial charge in [0.15, 0.2) is 0 Å². The minimum absolute atomic E-state index is 0.0451. The zero-order valence-corrected chi connectivity index (χ0v) is 14.7. The lowest BCUT2D eigenvalue weighted by molar-refractivity contribution is 0.546. The maximum atomic E-state index is 4.74. The van der Waals surface area contributed by atoms with Crippen LogP contribution in [0.1, 0.15) is 52.8 Å². The van der Waals surface area contributed by atoms with E-state index in [0.717, 1.165) is 17.5 Å². The second-order valence-corrected chi connectivity index (χ2v) is 8.15. The highest BCUT2D eigenvalue weighted by Crippen LogP contribution is 2.32. The molecule has 1 heterocycles. The Labute approximate surface area is 132 Å². The molecule has 1 aromatic rings. The molecular formula is C16H28N4S. The van der Waals surface area contributed by atoms with Crippen molar-refractivity contribution < 1.29 is 0 Å². The van der Waals surface area contributed by atoms with E-state index in [4.69, 9.17) is 4.98 Å². The molecule has 2 unspecified atom stereocenters. The standard InChI is InChI=1S/C16H28N4S/c1-6-21-12-9-7-8-11(12)18-14-10-13(17-5)19-15(20-14)16(2,3)4/h10-12H,6-9H2,1-5H3,(H2,17,18,19,20). The van der Waals surface area contributed by atoms with Crippen molar-refractivity contribution in [1.82, 2.24) is 9.97 Å². The Hall–Kier alpha value is -0.970. The highest BCUT2D eigenvalue weighted by molar-refractivity contribution is 7.99. The molecule has 0 saturated heterocycles. The molecule has 118 valence electrons. The molecular weight excluding hydrogens is 280 g/mol. The smallest absolute Gasteiger partial charge is 0.138 e. The highest BCUT2D eigenvalue weighted by Gasteiger charge is 2.28. The van der Waals surface area contributed by atoms with E-state index < -0.39 is 0 Å². The minimum Gasteiger partial charge on any atom is -0.373 e. The van der Waals surface area contributed by atoms with Crippen molar-refractivity contribution in [3.8, 4) is 0 Å². The van der Waals surface area contributed by atoms with Crippen molar-refractivity contribution in [3.05, 3.63) is 11.9 Å². The quantitative estimate of drug-likeness (QED) is 0.864. The molecule has 4 nitrogen and oxygen atoms in total. The van der Waals surface area contributed by atoms with Gasteiger partial charge in [-0.2, -0.15) is 11.8 Å². The zero-order valence-electron chi connectivity index (χ0n) is 13.9. The average molecular weight is 308 g/mol. The van der Waals surface area contributed by atoms with Crippen LogP contribution in [0.2, 0.25) is 0 Å². The summed E-state index contributed by atoms with van der Waals surface area (Å²) in [5.41, 5.74) is -0.0451. The molecule has 21 heavy (non-hydrogen) atoms. The van der Waals surface area contributed by atoms with E-state index >= 15 is 0 Å². The van der Waals surface area contributed by atoms with Crippen molar-refractivity contribution >= 4 is 23.4 Å². The van der Waals surface area contributed by atoms with Crippen LogP contribution in [0.5, 0.6) is 0 Å². The lowest BCUT2D eigenvalue weighted by Crippen LogP contribution is -2.27. The van der Waals surface area contributed by atoms with Crippen LogP contribution in [-0.4, -0.2) is 34.1 Å². The van der Waals surface area contributed by atoms with Gasteiger partial charge in [0, 0.05) is 29.8 Å². The molecule has 2 atom stereocenters. The Kier molecular flexibility index (Phi) is 5.36. The first-order valence-electron chi connectivity index (χ1n) is 7.89. The molecule has 0 aliphatic heterocycles. The number of hydrogen-bond acceptors (Lipinski definition) is 5. The van der Waals surface area contributed by atoms with Gasteiger partial charge >= 0.3 is 0 Å². The molecule has 1 aromatic heterocycles. The van der Waals surface area contributed by atoms with Crippen LogP contribution < -0.4 is 10.6 Å². The Bertz CT molecular complexity index is 470. The van der Waals surface area contributed by atoms with Crippen molar-refractivity contribution in [2.75, 3.05) is 23.4 Å². The normalized spacial score (nSPS) is 22.3. The average Bonchev–Trinajstić information content (AvgIpc) is 2.85. The summed E-state index contributed by atoms with van der Waals surface area (Å²) in [6, 6.07) is 2.55. The second-order valence-electron chi connectivity index (χ2n) is 6.64. The molecule has 1 fully saturated rings. The van der Waals surface area contributed by atoms with Crippen LogP contribution in [0.3, 0.4) is 0 Å². The predicted octanol–water partition coefficient (Wildman–Crippen LogP) is 3.90. The molecule has 0 amide bonds. The van der Waals surface area contributed by atoms with E-state index in [0.29, 0.717) is 11.3 Å². The third-order valence-electron chi connectivity index (χ3n) is 3.82. The van der Waals surface area contributed by atoms with Crippen LogP contribution in [0, 0.1) is 0 Å². The van der Waals surface area contributed by atoms with Gasteiger partial charge in [0.2, 0.25) is 0 Å². The molecule has 1 saturated carbocycles. The number of aromatic nitrogens is 2. The molecule has 5 heteroatoms. The maximum Gasteiger partial charge on any atom is 0.138 e. The van der Waals surface area contributed by atoms with E-state index in [1.165, 1.54) is 25.0 Å². The molecule has 0 radical (unpaired) electrons. The molecule has 1 aliphatic rings. The first-order chi connectivity index (χ1) is 9.94. The topological polar surface area (TPSA) is 49.8 Å². The van der Waals surface area contributed by atoms with E-state index in [-0.39, 0.29) is 5.41 Å². The number of thioether (sulfide) groups is 1. The lowest BCUT2D eigenvalue weighted by atomic mass is 9.96. The van der Waals surface area contributed by atoms with E-state index in [2.05, 4.69) is 55.1 Å². The van der Waals surface area contributed by atoms with Gasteiger partial charge in [0.1, 0.15) is 17.5 Å². The summed E-state index contributed by atoms with van der Waals surface area (Å²) in [6.07, 6.45) is 3.86. The highest BCUT2D eigenvalue weighted by atomic mass is 32.2. The van der Waals surface area contributed by atoms with Crippen molar-refractivity contribution in [2.45, 2.75) is 63.7 Å². The zero-order chi connectivity index (χ0) is 15.5. The van der Waals surface area contributed by atoms with E-state index in [1.807, 2.05) is 13.1 Å². The van der Waals surface area contributed by atoms with Gasteiger partial charge in [0.05, 0.1) is 0 Å². The van der Waals surface area contributed by atoms with Crippen LogP contribution in [0.15, 0.2) is 6.07 Å². The molecule has 1 aliphatic carbocycles. The van der Waals surface area contributed by atoms with Gasteiger partial charge < -0.3 is 10.6 Å².